The van der Waals surface area contributed by atoms with Crippen LogP contribution in [0, 0.1) is 0 Å². The summed E-state index contributed by atoms with van der Waals surface area (Å²) in [5.74, 6) is 0.705. The summed E-state index contributed by atoms with van der Waals surface area (Å²) >= 11 is 0. The minimum absolute atomic E-state index is 0.126. The van der Waals surface area contributed by atoms with Crippen LogP contribution in [0.3, 0.4) is 0 Å². The molecule has 0 N–H and O–H groups in total. The average molecular weight is 753 g/mol. The lowest BCUT2D eigenvalue weighted by atomic mass is 9.78. The molecule has 2 heteroatoms. The Bertz CT molecular complexity index is 3220. The molecule has 9 aromatic carbocycles. The number of benzene rings is 9. The third-order valence-corrected chi connectivity index (χ3v) is 12.3. The van der Waals surface area contributed by atoms with Crippen LogP contribution in [0.1, 0.15) is 25.0 Å². The summed E-state index contributed by atoms with van der Waals surface area (Å²) in [6, 6.07) is 74.1. The minimum Gasteiger partial charge on any atom is -0.228 e. The Morgan fingerprint density at radius 1 is 0.339 bits per heavy atom. The van der Waals surface area contributed by atoms with Crippen molar-refractivity contribution >= 4 is 21.5 Å². The van der Waals surface area contributed by atoms with E-state index in [1.54, 1.807) is 0 Å². The molecule has 0 bridgehead atoms. The molecule has 2 nitrogen and oxygen atoms in total. The first kappa shape index (κ1) is 34.8. The second kappa shape index (κ2) is 13.9. The SMILES string of the molecule is CC1(C)c2ccc3ccccc3c2-c2cccc(-c3ccc(-c4ccc(-c5nc(-c6ccccc6)cc(-c6ccccc6-c6ccccc6)n5)c5ccccc45)cc3)c21. The van der Waals surface area contributed by atoms with Crippen LogP contribution >= 0.6 is 0 Å². The van der Waals surface area contributed by atoms with Crippen molar-refractivity contribution in [2.75, 3.05) is 0 Å². The molecule has 0 saturated heterocycles. The zero-order valence-electron chi connectivity index (χ0n) is 33.0. The van der Waals surface area contributed by atoms with Crippen molar-refractivity contribution < 1.29 is 0 Å². The van der Waals surface area contributed by atoms with Crippen LogP contribution in [0.5, 0.6) is 0 Å². The standard InChI is InChI=1S/C57H40N2/c1-57(2)51-35-32-38-18-9-10-22-44(38)54(51)50-27-15-26-45(55(50)57)40-30-28-39(29-31-40)43-33-34-49(47-24-13-12-23-46(43)47)56-58-52(41-19-7-4-8-20-41)36-53(59-56)48-25-14-11-21-42(48)37-16-5-3-6-17-37/h3-36H,1-2H3. The zero-order valence-corrected chi connectivity index (χ0v) is 33.0. The molecular weight excluding hydrogens is 713 g/mol. The molecule has 0 saturated carbocycles. The van der Waals surface area contributed by atoms with Gasteiger partial charge < -0.3 is 0 Å². The summed E-state index contributed by atoms with van der Waals surface area (Å²) in [6.07, 6.45) is 0. The van der Waals surface area contributed by atoms with E-state index >= 15 is 0 Å². The highest BCUT2D eigenvalue weighted by Crippen LogP contribution is 2.54. The van der Waals surface area contributed by atoms with E-state index in [-0.39, 0.29) is 5.41 Å². The Balaban J connectivity index is 1.02. The number of fused-ring (bicyclic) bond motifs is 6. The van der Waals surface area contributed by atoms with Gasteiger partial charge in [-0.25, -0.2) is 9.97 Å². The maximum absolute atomic E-state index is 5.34. The van der Waals surface area contributed by atoms with Crippen LogP contribution in [0.15, 0.2) is 206 Å². The molecule has 1 aliphatic carbocycles. The highest BCUT2D eigenvalue weighted by molar-refractivity contribution is 6.06. The number of aromatic nitrogens is 2. The fraction of sp³-hybridized carbons (Fsp3) is 0.0526. The van der Waals surface area contributed by atoms with Crippen molar-refractivity contribution in [1.29, 1.82) is 0 Å². The number of hydrogen-bond acceptors (Lipinski definition) is 2. The fourth-order valence-corrected chi connectivity index (χ4v) is 9.51. The second-order valence-electron chi connectivity index (χ2n) is 16.1. The van der Waals surface area contributed by atoms with Gasteiger partial charge in [0.2, 0.25) is 0 Å². The van der Waals surface area contributed by atoms with Gasteiger partial charge in [-0.3, -0.25) is 0 Å². The molecule has 1 aliphatic rings. The average Bonchev–Trinajstić information content (AvgIpc) is 3.55. The molecule has 0 fully saturated rings. The molecule has 1 aromatic heterocycles. The number of hydrogen-bond donors (Lipinski definition) is 0. The van der Waals surface area contributed by atoms with Crippen molar-refractivity contribution in [3.05, 3.63) is 217 Å². The van der Waals surface area contributed by atoms with Crippen LogP contribution in [0.2, 0.25) is 0 Å². The predicted octanol–water partition coefficient (Wildman–Crippen LogP) is 15.1. The normalized spacial score (nSPS) is 12.7. The molecule has 0 unspecified atom stereocenters. The highest BCUT2D eigenvalue weighted by atomic mass is 14.9. The summed E-state index contributed by atoms with van der Waals surface area (Å²) in [7, 11) is 0. The van der Waals surface area contributed by atoms with Gasteiger partial charge in [-0.05, 0) is 89.3 Å². The first-order chi connectivity index (χ1) is 29.0. The lowest BCUT2D eigenvalue weighted by Crippen LogP contribution is -2.16. The van der Waals surface area contributed by atoms with Crippen LogP contribution in [0.25, 0.3) is 100.0 Å². The molecule has 1 heterocycles. The molecule has 0 spiro atoms. The van der Waals surface area contributed by atoms with Crippen LogP contribution in [0.4, 0.5) is 0 Å². The third kappa shape index (κ3) is 5.79. The van der Waals surface area contributed by atoms with Gasteiger partial charge in [-0.1, -0.05) is 208 Å². The summed E-state index contributed by atoms with van der Waals surface area (Å²) in [4.78, 5) is 10.6. The summed E-state index contributed by atoms with van der Waals surface area (Å²) in [5, 5.41) is 4.90. The second-order valence-corrected chi connectivity index (χ2v) is 16.1. The zero-order chi connectivity index (χ0) is 39.5. The van der Waals surface area contributed by atoms with Crippen molar-refractivity contribution in [2.45, 2.75) is 19.3 Å². The fourth-order valence-electron chi connectivity index (χ4n) is 9.51. The minimum atomic E-state index is -0.126. The Morgan fingerprint density at radius 3 is 1.61 bits per heavy atom. The van der Waals surface area contributed by atoms with E-state index < -0.39 is 0 Å². The van der Waals surface area contributed by atoms with Crippen LogP contribution in [-0.4, -0.2) is 9.97 Å². The van der Waals surface area contributed by atoms with Gasteiger partial charge in [-0.2, -0.15) is 0 Å². The molecule has 0 atom stereocenters. The van der Waals surface area contributed by atoms with Crippen molar-refractivity contribution in [3.63, 3.8) is 0 Å². The first-order valence-corrected chi connectivity index (χ1v) is 20.4. The first-order valence-electron chi connectivity index (χ1n) is 20.4. The van der Waals surface area contributed by atoms with E-state index in [0.717, 1.165) is 44.6 Å². The maximum atomic E-state index is 5.34. The Kier molecular flexibility index (Phi) is 8.20. The number of rotatable bonds is 6. The molecule has 278 valence electrons. The lowest BCUT2D eigenvalue weighted by molar-refractivity contribution is 0.662. The van der Waals surface area contributed by atoms with Gasteiger partial charge >= 0.3 is 0 Å². The van der Waals surface area contributed by atoms with E-state index in [4.69, 9.17) is 9.97 Å². The van der Waals surface area contributed by atoms with E-state index in [1.807, 2.05) is 6.07 Å². The summed E-state index contributed by atoms with van der Waals surface area (Å²) in [5.41, 5.74) is 17.5. The van der Waals surface area contributed by atoms with Crippen molar-refractivity contribution in [1.82, 2.24) is 9.97 Å². The summed E-state index contributed by atoms with van der Waals surface area (Å²) in [6.45, 7) is 4.75. The van der Waals surface area contributed by atoms with Gasteiger partial charge in [-0.15, -0.1) is 0 Å². The molecular formula is C57H40N2. The molecule has 59 heavy (non-hydrogen) atoms. The van der Waals surface area contributed by atoms with Crippen molar-refractivity contribution in [3.8, 4) is 78.4 Å². The van der Waals surface area contributed by atoms with Gasteiger partial charge in [0.05, 0.1) is 11.4 Å². The van der Waals surface area contributed by atoms with E-state index in [1.165, 1.54) is 60.7 Å². The van der Waals surface area contributed by atoms with Gasteiger partial charge in [0.1, 0.15) is 0 Å². The van der Waals surface area contributed by atoms with E-state index in [0.29, 0.717) is 5.82 Å². The van der Waals surface area contributed by atoms with E-state index in [9.17, 15) is 0 Å². The monoisotopic (exact) mass is 752 g/mol. The van der Waals surface area contributed by atoms with E-state index in [2.05, 4.69) is 214 Å². The van der Waals surface area contributed by atoms with Crippen molar-refractivity contribution in [2.24, 2.45) is 0 Å². The smallest absolute Gasteiger partial charge is 0.161 e. The van der Waals surface area contributed by atoms with Crippen LogP contribution in [-0.2, 0) is 5.41 Å². The molecule has 0 amide bonds. The van der Waals surface area contributed by atoms with Gasteiger partial charge in [0.25, 0.3) is 0 Å². The Hall–Kier alpha value is -7.42. The quantitative estimate of drug-likeness (QED) is 0.169. The molecule has 10 aromatic rings. The Labute approximate surface area is 345 Å². The maximum Gasteiger partial charge on any atom is 0.161 e. The highest BCUT2D eigenvalue weighted by Gasteiger charge is 2.38. The van der Waals surface area contributed by atoms with Gasteiger partial charge in [0.15, 0.2) is 5.82 Å². The largest absolute Gasteiger partial charge is 0.228 e. The molecule has 0 radical (unpaired) electrons. The number of nitrogens with zero attached hydrogens (tertiary/aromatic N) is 2. The third-order valence-electron chi connectivity index (χ3n) is 12.3. The summed E-state index contributed by atoms with van der Waals surface area (Å²) < 4.78 is 0. The lowest BCUT2D eigenvalue weighted by Gasteiger charge is -2.24. The predicted molar refractivity (Wildman–Crippen MR) is 247 cm³/mol. The topological polar surface area (TPSA) is 25.8 Å². The Morgan fingerprint density at radius 2 is 0.864 bits per heavy atom. The molecule has 0 aliphatic heterocycles. The molecule has 11 rings (SSSR count). The van der Waals surface area contributed by atoms with Gasteiger partial charge in [0, 0.05) is 22.1 Å². The van der Waals surface area contributed by atoms with Crippen LogP contribution < -0.4 is 0 Å².